The molecule has 0 atom stereocenters. The number of aryl methyl sites for hydroxylation is 1. The van der Waals surface area contributed by atoms with Crippen LogP contribution in [0.3, 0.4) is 0 Å². The topological polar surface area (TPSA) is 82.5 Å². The maximum absolute atomic E-state index is 6.39. The molecule has 0 unspecified atom stereocenters. The Morgan fingerprint density at radius 3 is 2.75 bits per heavy atom. The van der Waals surface area contributed by atoms with Gasteiger partial charge < -0.3 is 5.73 Å². The minimum atomic E-state index is 0.237. The molecular formula is C15H10Cl2N6S. The molecule has 2 N–H and O–H groups in total. The molecule has 3 heterocycles. The summed E-state index contributed by atoms with van der Waals surface area (Å²) in [7, 11) is 1.82. The molecule has 0 fully saturated rings. The predicted molar refractivity (Wildman–Crippen MR) is 94.0 cm³/mol. The Bertz CT molecular complexity index is 960. The quantitative estimate of drug-likeness (QED) is 0.692. The third-order valence-corrected chi connectivity index (χ3v) is 4.57. The van der Waals surface area contributed by atoms with E-state index in [1.54, 1.807) is 23.1 Å². The molecular weight excluding hydrogens is 367 g/mol. The number of aromatic nitrogens is 5. The standard InChI is InChI=1S/C15H10Cl2N6S/c1-23-8-9(6-21-23)2-3-10-13(17)11(4-5-19-10)24-15-14(18)22-12(16)7-20-15/h4-8H,1H3,(H2,18,22). The van der Waals surface area contributed by atoms with Crippen molar-refractivity contribution in [3.8, 4) is 11.8 Å². The minimum Gasteiger partial charge on any atom is -0.381 e. The molecule has 0 aliphatic rings. The van der Waals surface area contributed by atoms with Gasteiger partial charge in [-0.2, -0.15) is 5.10 Å². The Kier molecular flexibility index (Phi) is 4.90. The maximum Gasteiger partial charge on any atom is 0.158 e. The van der Waals surface area contributed by atoms with Crippen LogP contribution in [0.5, 0.6) is 0 Å². The zero-order chi connectivity index (χ0) is 17.1. The molecule has 0 radical (unpaired) electrons. The van der Waals surface area contributed by atoms with E-state index in [9.17, 15) is 0 Å². The van der Waals surface area contributed by atoms with E-state index < -0.39 is 0 Å². The lowest BCUT2D eigenvalue weighted by Gasteiger charge is -2.06. The average molecular weight is 377 g/mol. The van der Waals surface area contributed by atoms with E-state index in [4.69, 9.17) is 28.9 Å². The number of halogens is 2. The fourth-order valence-electron chi connectivity index (χ4n) is 1.76. The highest BCUT2D eigenvalue weighted by Crippen LogP contribution is 2.35. The molecule has 6 nitrogen and oxygen atoms in total. The number of anilines is 1. The van der Waals surface area contributed by atoms with Gasteiger partial charge in [-0.3, -0.25) is 4.68 Å². The van der Waals surface area contributed by atoms with Crippen LogP contribution in [0.15, 0.2) is 40.8 Å². The summed E-state index contributed by atoms with van der Waals surface area (Å²) in [4.78, 5) is 13.1. The van der Waals surface area contributed by atoms with Crippen LogP contribution in [-0.2, 0) is 7.05 Å². The molecule has 0 aliphatic carbocycles. The van der Waals surface area contributed by atoms with Crippen LogP contribution in [-0.4, -0.2) is 24.7 Å². The summed E-state index contributed by atoms with van der Waals surface area (Å²) in [6, 6.07) is 1.76. The van der Waals surface area contributed by atoms with E-state index in [1.165, 1.54) is 18.0 Å². The SMILES string of the molecule is Cn1cc(C#Cc2nccc(Sc3ncc(Cl)nc3N)c2Cl)cn1. The second kappa shape index (κ2) is 7.09. The first-order valence-electron chi connectivity index (χ1n) is 6.64. The van der Waals surface area contributed by atoms with Crippen LogP contribution in [0, 0.1) is 11.8 Å². The molecule has 0 spiro atoms. The van der Waals surface area contributed by atoms with Crippen molar-refractivity contribution < 1.29 is 0 Å². The van der Waals surface area contributed by atoms with E-state index in [-0.39, 0.29) is 11.0 Å². The van der Waals surface area contributed by atoms with Crippen molar-refractivity contribution in [3.63, 3.8) is 0 Å². The minimum absolute atomic E-state index is 0.237. The van der Waals surface area contributed by atoms with E-state index in [1.807, 2.05) is 13.2 Å². The Balaban J connectivity index is 1.89. The molecule has 3 aromatic heterocycles. The van der Waals surface area contributed by atoms with E-state index in [0.717, 1.165) is 10.5 Å². The number of hydrogen-bond donors (Lipinski definition) is 1. The smallest absolute Gasteiger partial charge is 0.158 e. The predicted octanol–water partition coefficient (Wildman–Crippen LogP) is 3.05. The Hall–Kier alpha value is -2.27. The summed E-state index contributed by atoms with van der Waals surface area (Å²) in [6.07, 6.45) is 6.53. The molecule has 24 heavy (non-hydrogen) atoms. The number of rotatable bonds is 2. The number of hydrogen-bond acceptors (Lipinski definition) is 6. The fraction of sp³-hybridized carbons (Fsp3) is 0.0667. The highest BCUT2D eigenvalue weighted by Gasteiger charge is 2.11. The number of nitrogens with zero attached hydrogens (tertiary/aromatic N) is 5. The third kappa shape index (κ3) is 3.79. The maximum atomic E-state index is 6.39. The molecule has 120 valence electrons. The molecule has 0 amide bonds. The molecule has 0 aliphatic heterocycles. The monoisotopic (exact) mass is 376 g/mol. The summed E-state index contributed by atoms with van der Waals surface area (Å²) < 4.78 is 1.67. The molecule has 0 saturated heterocycles. The normalized spacial score (nSPS) is 10.3. The van der Waals surface area contributed by atoms with Crippen LogP contribution in [0.4, 0.5) is 5.82 Å². The highest BCUT2D eigenvalue weighted by atomic mass is 35.5. The van der Waals surface area contributed by atoms with Gasteiger partial charge in [-0.15, -0.1) is 0 Å². The first-order valence-corrected chi connectivity index (χ1v) is 8.21. The summed E-state index contributed by atoms with van der Waals surface area (Å²) in [5.41, 5.74) is 7.06. The number of nitrogen functional groups attached to an aromatic ring is 1. The van der Waals surface area contributed by atoms with Crippen LogP contribution >= 0.6 is 35.0 Å². The van der Waals surface area contributed by atoms with E-state index in [2.05, 4.69) is 31.9 Å². The van der Waals surface area contributed by atoms with Gasteiger partial charge >= 0.3 is 0 Å². The van der Waals surface area contributed by atoms with Gasteiger partial charge in [0.15, 0.2) is 5.82 Å². The van der Waals surface area contributed by atoms with Gasteiger partial charge in [-0.25, -0.2) is 15.0 Å². The zero-order valence-electron chi connectivity index (χ0n) is 12.4. The van der Waals surface area contributed by atoms with Gasteiger partial charge in [0.05, 0.1) is 23.0 Å². The van der Waals surface area contributed by atoms with Gasteiger partial charge in [-0.05, 0) is 12.0 Å². The molecule has 3 aromatic rings. The largest absolute Gasteiger partial charge is 0.381 e. The van der Waals surface area contributed by atoms with Crippen LogP contribution < -0.4 is 5.73 Å². The molecule has 9 heteroatoms. The van der Waals surface area contributed by atoms with Gasteiger partial charge in [0.25, 0.3) is 0 Å². The molecule has 3 rings (SSSR count). The van der Waals surface area contributed by atoms with E-state index >= 15 is 0 Å². The zero-order valence-corrected chi connectivity index (χ0v) is 14.7. The Morgan fingerprint density at radius 1 is 1.21 bits per heavy atom. The van der Waals surface area contributed by atoms with E-state index in [0.29, 0.717) is 15.7 Å². The number of pyridine rings is 1. The number of nitrogens with two attached hydrogens (primary N) is 1. The fourth-order valence-corrected chi connectivity index (χ4v) is 2.96. The first kappa shape index (κ1) is 16.6. The summed E-state index contributed by atoms with van der Waals surface area (Å²) in [5, 5.41) is 5.23. The Morgan fingerprint density at radius 2 is 2.04 bits per heavy atom. The van der Waals surface area contributed by atoms with Crippen molar-refractivity contribution in [1.82, 2.24) is 24.7 Å². The van der Waals surface area contributed by atoms with Gasteiger partial charge in [0.2, 0.25) is 0 Å². The lowest BCUT2D eigenvalue weighted by atomic mass is 10.3. The second-order valence-electron chi connectivity index (χ2n) is 4.61. The Labute approximate surface area is 152 Å². The van der Waals surface area contributed by atoms with Crippen molar-refractivity contribution >= 4 is 40.8 Å². The van der Waals surface area contributed by atoms with Crippen LogP contribution in [0.2, 0.25) is 10.2 Å². The van der Waals surface area contributed by atoms with Gasteiger partial charge in [-0.1, -0.05) is 40.9 Å². The molecule has 0 saturated carbocycles. The summed E-state index contributed by atoms with van der Waals surface area (Å²) in [5.74, 6) is 6.16. The van der Waals surface area contributed by atoms with Crippen molar-refractivity contribution in [3.05, 3.63) is 52.3 Å². The third-order valence-electron chi connectivity index (χ3n) is 2.83. The average Bonchev–Trinajstić information content (AvgIpc) is 2.96. The van der Waals surface area contributed by atoms with Gasteiger partial charge in [0, 0.05) is 24.3 Å². The lowest BCUT2D eigenvalue weighted by Crippen LogP contribution is -1.96. The van der Waals surface area contributed by atoms with Crippen LogP contribution in [0.25, 0.3) is 0 Å². The van der Waals surface area contributed by atoms with Crippen molar-refractivity contribution in [1.29, 1.82) is 0 Å². The van der Waals surface area contributed by atoms with Crippen molar-refractivity contribution in [2.24, 2.45) is 7.05 Å². The van der Waals surface area contributed by atoms with Crippen LogP contribution in [0.1, 0.15) is 11.3 Å². The molecule has 0 bridgehead atoms. The first-order chi connectivity index (χ1) is 11.5. The van der Waals surface area contributed by atoms with Crippen molar-refractivity contribution in [2.75, 3.05) is 5.73 Å². The summed E-state index contributed by atoms with van der Waals surface area (Å²) >= 11 is 13.4. The highest BCUT2D eigenvalue weighted by molar-refractivity contribution is 7.99. The van der Waals surface area contributed by atoms with Crippen molar-refractivity contribution in [2.45, 2.75) is 9.92 Å². The molecule has 0 aromatic carbocycles. The van der Waals surface area contributed by atoms with Gasteiger partial charge in [0.1, 0.15) is 15.9 Å². The lowest BCUT2D eigenvalue weighted by molar-refractivity contribution is 0.767. The second-order valence-corrected chi connectivity index (χ2v) is 6.41. The summed E-state index contributed by atoms with van der Waals surface area (Å²) in [6.45, 7) is 0.